The van der Waals surface area contributed by atoms with Crippen LogP contribution in [0.2, 0.25) is 5.15 Å². The second-order valence-corrected chi connectivity index (χ2v) is 4.19. The van der Waals surface area contributed by atoms with Crippen molar-refractivity contribution in [2.75, 3.05) is 12.8 Å². The second-order valence-electron chi connectivity index (χ2n) is 3.80. The lowest BCUT2D eigenvalue weighted by Gasteiger charge is -1.99. The lowest BCUT2D eigenvalue weighted by molar-refractivity contribution is 0.0600. The summed E-state index contributed by atoms with van der Waals surface area (Å²) in [5.41, 5.74) is 7.67. The van der Waals surface area contributed by atoms with Crippen molar-refractivity contribution in [2.24, 2.45) is 0 Å². The fourth-order valence-electron chi connectivity index (χ4n) is 1.43. The van der Waals surface area contributed by atoms with Gasteiger partial charge in [-0.15, -0.1) is 0 Å². The van der Waals surface area contributed by atoms with E-state index in [4.69, 9.17) is 17.3 Å². The number of rotatable bonds is 1. The van der Waals surface area contributed by atoms with Gasteiger partial charge >= 0.3 is 5.97 Å². The molecule has 2 aromatic rings. The standard InChI is InChI=1S/C14H10ClN3O2/c1-20-14(19)11-4-9(6-17-7-11)2-3-10-8-18-13(15)5-12(10)16/h4-8H,1H3,(H2,16,18). The molecule has 0 atom stereocenters. The summed E-state index contributed by atoms with van der Waals surface area (Å²) in [4.78, 5) is 19.2. The van der Waals surface area contributed by atoms with Gasteiger partial charge < -0.3 is 10.5 Å². The van der Waals surface area contributed by atoms with Crippen molar-refractivity contribution in [1.82, 2.24) is 9.97 Å². The van der Waals surface area contributed by atoms with E-state index < -0.39 is 5.97 Å². The Bertz CT molecular complexity index is 720. The van der Waals surface area contributed by atoms with Crippen LogP contribution >= 0.6 is 11.6 Å². The van der Waals surface area contributed by atoms with Crippen LogP contribution in [0.4, 0.5) is 5.69 Å². The highest BCUT2D eigenvalue weighted by Gasteiger charge is 2.05. The molecular weight excluding hydrogens is 278 g/mol. The van der Waals surface area contributed by atoms with Crippen LogP contribution in [0.1, 0.15) is 21.5 Å². The van der Waals surface area contributed by atoms with E-state index in [0.29, 0.717) is 27.5 Å². The Morgan fingerprint density at radius 1 is 1.30 bits per heavy atom. The van der Waals surface area contributed by atoms with Crippen molar-refractivity contribution in [3.8, 4) is 11.8 Å². The first-order chi connectivity index (χ1) is 9.60. The molecular formula is C14H10ClN3O2. The molecule has 0 aliphatic carbocycles. The molecule has 0 aromatic carbocycles. The van der Waals surface area contributed by atoms with Gasteiger partial charge in [0.1, 0.15) is 5.15 Å². The summed E-state index contributed by atoms with van der Waals surface area (Å²) in [6.45, 7) is 0. The average molecular weight is 288 g/mol. The van der Waals surface area contributed by atoms with Gasteiger partial charge in [0.25, 0.3) is 0 Å². The highest BCUT2D eigenvalue weighted by Crippen LogP contribution is 2.14. The van der Waals surface area contributed by atoms with Crippen molar-refractivity contribution < 1.29 is 9.53 Å². The van der Waals surface area contributed by atoms with Gasteiger partial charge in [-0.2, -0.15) is 0 Å². The van der Waals surface area contributed by atoms with Gasteiger partial charge in [-0.05, 0) is 12.1 Å². The van der Waals surface area contributed by atoms with E-state index in [1.807, 2.05) is 0 Å². The summed E-state index contributed by atoms with van der Waals surface area (Å²) >= 11 is 5.71. The van der Waals surface area contributed by atoms with Crippen LogP contribution in [0.3, 0.4) is 0 Å². The molecule has 2 N–H and O–H groups in total. The van der Waals surface area contributed by atoms with E-state index in [1.54, 1.807) is 12.3 Å². The third kappa shape index (κ3) is 3.25. The Hall–Kier alpha value is -2.58. The maximum atomic E-state index is 11.4. The molecule has 2 rings (SSSR count). The van der Waals surface area contributed by atoms with Crippen LogP contribution < -0.4 is 5.73 Å². The SMILES string of the molecule is COC(=O)c1cncc(C#Cc2cnc(Cl)cc2N)c1. The van der Waals surface area contributed by atoms with Gasteiger partial charge in [-0.3, -0.25) is 4.98 Å². The number of halogens is 1. The van der Waals surface area contributed by atoms with E-state index in [0.717, 1.165) is 0 Å². The van der Waals surface area contributed by atoms with Gasteiger partial charge in [-0.25, -0.2) is 9.78 Å². The van der Waals surface area contributed by atoms with Crippen molar-refractivity contribution in [3.63, 3.8) is 0 Å². The quantitative estimate of drug-likeness (QED) is 0.492. The normalized spacial score (nSPS) is 9.50. The number of hydrogen-bond acceptors (Lipinski definition) is 5. The number of esters is 1. The number of hydrogen-bond donors (Lipinski definition) is 1. The molecule has 100 valence electrons. The number of ether oxygens (including phenoxy) is 1. The van der Waals surface area contributed by atoms with E-state index in [-0.39, 0.29) is 0 Å². The third-order valence-corrected chi connectivity index (χ3v) is 2.61. The van der Waals surface area contributed by atoms with Crippen molar-refractivity contribution in [1.29, 1.82) is 0 Å². The topological polar surface area (TPSA) is 78.1 Å². The maximum Gasteiger partial charge on any atom is 0.339 e. The zero-order valence-corrected chi connectivity index (χ0v) is 11.3. The first-order valence-corrected chi connectivity index (χ1v) is 5.94. The van der Waals surface area contributed by atoms with Crippen LogP contribution in [-0.4, -0.2) is 23.0 Å². The number of methoxy groups -OCH3 is 1. The molecule has 0 aliphatic heterocycles. The Balaban J connectivity index is 2.31. The smallest absolute Gasteiger partial charge is 0.339 e. The van der Waals surface area contributed by atoms with E-state index in [9.17, 15) is 4.79 Å². The first kappa shape index (κ1) is 13.8. The van der Waals surface area contributed by atoms with Crippen LogP contribution in [-0.2, 0) is 4.74 Å². The summed E-state index contributed by atoms with van der Waals surface area (Å²) in [7, 11) is 1.31. The summed E-state index contributed by atoms with van der Waals surface area (Å²) in [5.74, 6) is 5.25. The minimum atomic E-state index is -0.464. The predicted octanol–water partition coefficient (Wildman–Crippen LogP) is 1.90. The largest absolute Gasteiger partial charge is 0.465 e. The highest BCUT2D eigenvalue weighted by atomic mass is 35.5. The van der Waals surface area contributed by atoms with Crippen molar-refractivity contribution >= 4 is 23.3 Å². The number of nitrogen functional groups attached to an aromatic ring is 1. The summed E-state index contributed by atoms with van der Waals surface area (Å²) in [5, 5.41) is 0.308. The molecule has 5 nitrogen and oxygen atoms in total. The van der Waals surface area contributed by atoms with Crippen molar-refractivity contribution in [3.05, 3.63) is 52.6 Å². The zero-order chi connectivity index (χ0) is 14.5. The molecule has 20 heavy (non-hydrogen) atoms. The lowest BCUT2D eigenvalue weighted by atomic mass is 10.2. The van der Waals surface area contributed by atoms with Crippen LogP contribution in [0.5, 0.6) is 0 Å². The molecule has 0 unspecified atom stereocenters. The number of aromatic nitrogens is 2. The molecule has 0 radical (unpaired) electrons. The summed E-state index contributed by atoms with van der Waals surface area (Å²) in [6, 6.07) is 3.11. The van der Waals surface area contributed by atoms with Gasteiger partial charge in [0.15, 0.2) is 0 Å². The fourth-order valence-corrected chi connectivity index (χ4v) is 1.59. The minimum Gasteiger partial charge on any atom is -0.465 e. The monoisotopic (exact) mass is 287 g/mol. The van der Waals surface area contributed by atoms with Crippen LogP contribution in [0.25, 0.3) is 0 Å². The van der Waals surface area contributed by atoms with Gasteiger partial charge in [0, 0.05) is 24.2 Å². The highest BCUT2D eigenvalue weighted by molar-refractivity contribution is 6.29. The lowest BCUT2D eigenvalue weighted by Crippen LogP contribution is -2.01. The molecule has 0 spiro atoms. The summed E-state index contributed by atoms with van der Waals surface area (Å²) in [6.07, 6.45) is 4.44. The van der Waals surface area contributed by atoms with Crippen LogP contribution in [0, 0.1) is 11.8 Å². The predicted molar refractivity (Wildman–Crippen MR) is 75.2 cm³/mol. The zero-order valence-electron chi connectivity index (χ0n) is 10.6. The van der Waals surface area contributed by atoms with E-state index >= 15 is 0 Å². The Labute approximate surface area is 120 Å². The van der Waals surface area contributed by atoms with E-state index in [2.05, 4.69) is 26.5 Å². The molecule has 2 aromatic heterocycles. The van der Waals surface area contributed by atoms with Crippen LogP contribution in [0.15, 0.2) is 30.7 Å². The van der Waals surface area contributed by atoms with E-state index in [1.165, 1.54) is 25.6 Å². The Kier molecular flexibility index (Phi) is 4.18. The Morgan fingerprint density at radius 3 is 2.80 bits per heavy atom. The number of anilines is 1. The maximum absolute atomic E-state index is 11.4. The van der Waals surface area contributed by atoms with Gasteiger partial charge in [0.2, 0.25) is 0 Å². The number of nitrogens with zero attached hydrogens (tertiary/aromatic N) is 2. The number of carbonyl (C=O) groups excluding carboxylic acids is 1. The molecule has 0 saturated carbocycles. The molecule has 0 fully saturated rings. The fraction of sp³-hybridized carbons (Fsp3) is 0.0714. The molecule has 0 amide bonds. The van der Waals surface area contributed by atoms with Gasteiger partial charge in [-0.1, -0.05) is 23.4 Å². The van der Waals surface area contributed by atoms with Crippen molar-refractivity contribution in [2.45, 2.75) is 0 Å². The number of pyridine rings is 2. The first-order valence-electron chi connectivity index (χ1n) is 5.56. The molecule has 2 heterocycles. The molecule has 6 heteroatoms. The Morgan fingerprint density at radius 2 is 2.10 bits per heavy atom. The molecule has 0 bridgehead atoms. The second kappa shape index (κ2) is 6.04. The molecule has 0 saturated heterocycles. The van der Waals surface area contributed by atoms with Gasteiger partial charge in [0.05, 0.1) is 23.9 Å². The minimum absolute atomic E-state index is 0.308. The number of nitrogens with two attached hydrogens (primary N) is 1. The molecule has 0 aliphatic rings. The third-order valence-electron chi connectivity index (χ3n) is 2.40. The number of carbonyl (C=O) groups is 1. The average Bonchev–Trinajstić information content (AvgIpc) is 2.46. The summed E-state index contributed by atoms with van der Waals surface area (Å²) < 4.78 is 4.61.